The molecule has 0 aromatic heterocycles. The van der Waals surface area contributed by atoms with Crippen LogP contribution in [0.4, 0.5) is 0 Å². The number of hydrogen-bond donors (Lipinski definition) is 0. The van der Waals surface area contributed by atoms with Gasteiger partial charge in [-0.1, -0.05) is 24.3 Å². The molecule has 2 fully saturated rings. The predicted octanol–water partition coefficient (Wildman–Crippen LogP) is 3.55. The molecule has 0 spiro atoms. The fourth-order valence-electron chi connectivity index (χ4n) is 3.91. The summed E-state index contributed by atoms with van der Waals surface area (Å²) in [6.07, 6.45) is 2.94. The van der Waals surface area contributed by atoms with Crippen LogP contribution in [-0.4, -0.2) is 49.2 Å². The summed E-state index contributed by atoms with van der Waals surface area (Å²) in [6.45, 7) is 6.36. The Morgan fingerprint density at radius 3 is 2.42 bits per heavy atom. The third-order valence-corrected chi connectivity index (χ3v) is 5.31. The van der Waals surface area contributed by atoms with Crippen LogP contribution in [0.1, 0.15) is 24.0 Å². The SMILES string of the molecule is COc1ccc(CN2CC(Oc3ccccc3)C2)cc1CN1CCCC1. The maximum absolute atomic E-state index is 6.00. The van der Waals surface area contributed by atoms with Gasteiger partial charge in [0.25, 0.3) is 0 Å². The minimum atomic E-state index is 0.305. The molecule has 2 aromatic rings. The molecule has 0 aliphatic carbocycles. The first-order valence-corrected chi connectivity index (χ1v) is 9.62. The van der Waals surface area contributed by atoms with Gasteiger partial charge in [-0.25, -0.2) is 0 Å². The molecule has 0 N–H and O–H groups in total. The Morgan fingerprint density at radius 2 is 1.69 bits per heavy atom. The average molecular weight is 352 g/mol. The first-order chi connectivity index (χ1) is 12.8. The molecule has 26 heavy (non-hydrogen) atoms. The summed E-state index contributed by atoms with van der Waals surface area (Å²) in [5.41, 5.74) is 2.67. The summed E-state index contributed by atoms with van der Waals surface area (Å²) in [4.78, 5) is 4.96. The van der Waals surface area contributed by atoms with Gasteiger partial charge in [-0.2, -0.15) is 0 Å². The van der Waals surface area contributed by atoms with Crippen LogP contribution in [0.5, 0.6) is 11.5 Å². The molecule has 2 aliphatic heterocycles. The molecule has 4 nitrogen and oxygen atoms in total. The minimum Gasteiger partial charge on any atom is -0.496 e. The molecular formula is C22H28N2O2. The van der Waals surface area contributed by atoms with E-state index in [-0.39, 0.29) is 0 Å². The monoisotopic (exact) mass is 352 g/mol. The standard InChI is InChI=1S/C22H28N2O2/c1-25-22-10-9-18(13-19(22)15-23-11-5-6-12-23)14-24-16-21(17-24)26-20-7-3-2-4-8-20/h2-4,7-10,13,21H,5-6,11-12,14-17H2,1H3. The van der Waals surface area contributed by atoms with Gasteiger partial charge < -0.3 is 9.47 Å². The number of para-hydroxylation sites is 1. The molecule has 138 valence electrons. The summed E-state index contributed by atoms with van der Waals surface area (Å²) >= 11 is 0. The highest BCUT2D eigenvalue weighted by Gasteiger charge is 2.28. The van der Waals surface area contributed by atoms with Crippen LogP contribution in [-0.2, 0) is 13.1 Å². The number of nitrogens with zero attached hydrogens (tertiary/aromatic N) is 2. The van der Waals surface area contributed by atoms with Crippen molar-refractivity contribution in [3.05, 3.63) is 59.7 Å². The van der Waals surface area contributed by atoms with Crippen molar-refractivity contribution in [2.24, 2.45) is 0 Å². The molecule has 2 aromatic carbocycles. The number of methoxy groups -OCH3 is 1. The minimum absolute atomic E-state index is 0.305. The van der Waals surface area contributed by atoms with E-state index in [0.717, 1.165) is 37.7 Å². The van der Waals surface area contributed by atoms with Gasteiger partial charge in [0, 0.05) is 31.7 Å². The Kier molecular flexibility index (Phi) is 5.42. The number of likely N-dealkylation sites (tertiary alicyclic amines) is 2. The molecule has 2 aliphatic rings. The largest absolute Gasteiger partial charge is 0.496 e. The molecule has 0 bridgehead atoms. The van der Waals surface area contributed by atoms with E-state index in [2.05, 4.69) is 28.0 Å². The Morgan fingerprint density at radius 1 is 0.923 bits per heavy atom. The summed E-state index contributed by atoms with van der Waals surface area (Å²) in [6, 6.07) is 16.7. The van der Waals surface area contributed by atoms with Gasteiger partial charge in [0.05, 0.1) is 7.11 Å². The van der Waals surface area contributed by atoms with Crippen molar-refractivity contribution >= 4 is 0 Å². The van der Waals surface area contributed by atoms with Crippen LogP contribution in [0.2, 0.25) is 0 Å². The van der Waals surface area contributed by atoms with E-state index in [4.69, 9.17) is 9.47 Å². The van der Waals surface area contributed by atoms with Crippen LogP contribution in [0.15, 0.2) is 48.5 Å². The van der Waals surface area contributed by atoms with Gasteiger partial charge in [0.2, 0.25) is 0 Å². The van der Waals surface area contributed by atoms with Gasteiger partial charge in [0.15, 0.2) is 0 Å². The number of ether oxygens (including phenoxy) is 2. The van der Waals surface area contributed by atoms with Gasteiger partial charge in [-0.3, -0.25) is 9.80 Å². The van der Waals surface area contributed by atoms with Gasteiger partial charge in [-0.15, -0.1) is 0 Å². The van der Waals surface area contributed by atoms with Gasteiger partial charge in [0.1, 0.15) is 17.6 Å². The zero-order valence-corrected chi connectivity index (χ0v) is 15.6. The summed E-state index contributed by atoms with van der Waals surface area (Å²) < 4.78 is 11.6. The zero-order valence-electron chi connectivity index (χ0n) is 15.6. The van der Waals surface area contributed by atoms with E-state index in [0.29, 0.717) is 6.10 Å². The van der Waals surface area contributed by atoms with Crippen LogP contribution >= 0.6 is 0 Å². The van der Waals surface area contributed by atoms with E-state index in [1.165, 1.54) is 37.1 Å². The highest BCUT2D eigenvalue weighted by Crippen LogP contribution is 2.25. The van der Waals surface area contributed by atoms with Crippen molar-refractivity contribution in [1.82, 2.24) is 9.80 Å². The molecular weight excluding hydrogens is 324 g/mol. The molecule has 2 saturated heterocycles. The molecule has 4 rings (SSSR count). The highest BCUT2D eigenvalue weighted by molar-refractivity contribution is 5.37. The molecule has 4 heteroatoms. The molecule has 0 unspecified atom stereocenters. The summed E-state index contributed by atoms with van der Waals surface area (Å²) in [7, 11) is 1.77. The van der Waals surface area contributed by atoms with Crippen LogP contribution in [0.3, 0.4) is 0 Å². The Hall–Kier alpha value is -2.04. The van der Waals surface area contributed by atoms with Crippen LogP contribution < -0.4 is 9.47 Å². The molecule has 2 heterocycles. The summed E-state index contributed by atoms with van der Waals surface area (Å²) in [5.74, 6) is 1.98. The smallest absolute Gasteiger partial charge is 0.124 e. The Balaban J connectivity index is 1.32. The first kappa shape index (κ1) is 17.4. The molecule has 0 amide bonds. The second-order valence-electron chi connectivity index (χ2n) is 7.38. The number of hydrogen-bond acceptors (Lipinski definition) is 4. The third-order valence-electron chi connectivity index (χ3n) is 5.31. The van der Waals surface area contributed by atoms with Crippen LogP contribution in [0, 0.1) is 0 Å². The van der Waals surface area contributed by atoms with E-state index in [1.807, 2.05) is 30.3 Å². The Labute approximate surface area is 156 Å². The quantitative estimate of drug-likeness (QED) is 0.761. The highest BCUT2D eigenvalue weighted by atomic mass is 16.5. The van der Waals surface area contributed by atoms with Crippen molar-refractivity contribution in [3.8, 4) is 11.5 Å². The fraction of sp³-hybridized carbons (Fsp3) is 0.455. The summed E-state index contributed by atoms with van der Waals surface area (Å²) in [5, 5.41) is 0. The lowest BCUT2D eigenvalue weighted by atomic mass is 10.1. The van der Waals surface area contributed by atoms with E-state index < -0.39 is 0 Å². The van der Waals surface area contributed by atoms with Crippen molar-refractivity contribution in [1.29, 1.82) is 0 Å². The second-order valence-corrected chi connectivity index (χ2v) is 7.38. The first-order valence-electron chi connectivity index (χ1n) is 9.62. The number of rotatable bonds is 7. The lowest BCUT2D eigenvalue weighted by molar-refractivity contribution is 0.0145. The van der Waals surface area contributed by atoms with Crippen molar-refractivity contribution in [2.45, 2.75) is 32.0 Å². The fourth-order valence-corrected chi connectivity index (χ4v) is 3.91. The van der Waals surface area contributed by atoms with Gasteiger partial charge >= 0.3 is 0 Å². The average Bonchev–Trinajstić information content (AvgIpc) is 3.14. The van der Waals surface area contributed by atoms with E-state index >= 15 is 0 Å². The predicted molar refractivity (Wildman–Crippen MR) is 104 cm³/mol. The third kappa shape index (κ3) is 4.19. The molecule has 0 saturated carbocycles. The lowest BCUT2D eigenvalue weighted by Gasteiger charge is -2.39. The topological polar surface area (TPSA) is 24.9 Å². The zero-order chi connectivity index (χ0) is 17.8. The van der Waals surface area contributed by atoms with Crippen molar-refractivity contribution < 1.29 is 9.47 Å². The van der Waals surface area contributed by atoms with Crippen LogP contribution in [0.25, 0.3) is 0 Å². The molecule has 0 atom stereocenters. The van der Waals surface area contributed by atoms with E-state index in [1.54, 1.807) is 7.11 Å². The molecule has 0 radical (unpaired) electrons. The normalized spacial score (nSPS) is 18.7. The second kappa shape index (κ2) is 8.11. The number of benzene rings is 2. The van der Waals surface area contributed by atoms with Gasteiger partial charge in [-0.05, 0) is 55.8 Å². The lowest BCUT2D eigenvalue weighted by Crippen LogP contribution is -2.53. The maximum Gasteiger partial charge on any atom is 0.124 e. The maximum atomic E-state index is 6.00. The van der Waals surface area contributed by atoms with Crippen molar-refractivity contribution in [2.75, 3.05) is 33.3 Å². The van der Waals surface area contributed by atoms with E-state index in [9.17, 15) is 0 Å². The van der Waals surface area contributed by atoms with Crippen molar-refractivity contribution in [3.63, 3.8) is 0 Å². The Bertz CT molecular complexity index is 707.